The van der Waals surface area contributed by atoms with Gasteiger partial charge < -0.3 is 25.2 Å². The van der Waals surface area contributed by atoms with Crippen molar-refractivity contribution in [3.05, 3.63) is 33.9 Å². The van der Waals surface area contributed by atoms with Crippen LogP contribution in [-0.2, 0) is 16.1 Å². The van der Waals surface area contributed by atoms with E-state index in [1.54, 1.807) is 14.0 Å². The molecule has 1 saturated carbocycles. The Bertz CT molecular complexity index is 1100. The van der Waals surface area contributed by atoms with E-state index < -0.39 is 12.1 Å². The molecule has 0 bridgehead atoms. The largest absolute Gasteiger partial charge is 0.389 e. The molecule has 2 amide bonds. The average Bonchev–Trinajstić information content (AvgIpc) is 3.44. The van der Waals surface area contributed by atoms with Gasteiger partial charge in [0, 0.05) is 40.6 Å². The zero-order chi connectivity index (χ0) is 26.0. The number of halogens is 2. The van der Waals surface area contributed by atoms with E-state index in [2.05, 4.69) is 10.6 Å². The highest BCUT2D eigenvalue weighted by Crippen LogP contribution is 2.37. The van der Waals surface area contributed by atoms with Gasteiger partial charge in [-0.2, -0.15) is 0 Å². The molecule has 4 rings (SSSR count). The minimum atomic E-state index is -0.749. The van der Waals surface area contributed by atoms with Gasteiger partial charge in [-0.15, -0.1) is 0 Å². The predicted molar refractivity (Wildman–Crippen MR) is 144 cm³/mol. The summed E-state index contributed by atoms with van der Waals surface area (Å²) in [6, 6.07) is 4.63. The van der Waals surface area contributed by atoms with E-state index >= 15 is 0 Å². The molecule has 1 aromatic heterocycles. The highest BCUT2D eigenvalue weighted by atomic mass is 35.5. The minimum absolute atomic E-state index is 0.00688. The van der Waals surface area contributed by atoms with E-state index in [1.165, 1.54) is 6.42 Å². The van der Waals surface area contributed by atoms with Crippen LogP contribution in [0.25, 0.3) is 10.9 Å². The fraction of sp³-hybridized carbons (Fsp3) is 0.630. The number of rotatable bonds is 8. The number of aliphatic hydroxyl groups is 1. The van der Waals surface area contributed by atoms with Crippen molar-refractivity contribution in [1.82, 2.24) is 20.1 Å². The minimum Gasteiger partial charge on any atom is -0.389 e. The first-order valence-corrected chi connectivity index (χ1v) is 13.9. The molecule has 2 fully saturated rings. The Hall–Kier alpha value is -1.80. The van der Waals surface area contributed by atoms with E-state index in [0.717, 1.165) is 49.4 Å². The SMILES string of the molecule is CN[C@@H](C)C(=O)N[C@H](C(=O)N1CCC[C@H]1Cn1c(Cl)c(C(C)O)c2cc(Cl)ccc21)C1CCCCC1. The fourth-order valence-corrected chi connectivity index (χ4v) is 6.45. The van der Waals surface area contributed by atoms with Gasteiger partial charge in [0.05, 0.1) is 12.1 Å². The number of likely N-dealkylation sites (N-methyl/N-ethyl adjacent to an activating group) is 1. The maximum atomic E-state index is 14.0. The second-order valence-electron chi connectivity index (χ2n) is 10.4. The summed E-state index contributed by atoms with van der Waals surface area (Å²) in [7, 11) is 1.75. The number of likely N-dealkylation sites (tertiary alicyclic amines) is 1. The maximum absolute atomic E-state index is 14.0. The number of amides is 2. The topological polar surface area (TPSA) is 86.6 Å². The molecule has 2 heterocycles. The summed E-state index contributed by atoms with van der Waals surface area (Å²) in [6.07, 6.45) is 6.28. The summed E-state index contributed by atoms with van der Waals surface area (Å²) < 4.78 is 1.99. The van der Waals surface area contributed by atoms with Crippen LogP contribution in [0, 0.1) is 5.92 Å². The first kappa shape index (κ1) is 27.2. The third-order valence-corrected chi connectivity index (χ3v) is 8.62. The molecule has 1 saturated heterocycles. The van der Waals surface area contributed by atoms with E-state index in [0.29, 0.717) is 28.8 Å². The van der Waals surface area contributed by atoms with Crippen LogP contribution < -0.4 is 10.6 Å². The molecule has 7 nitrogen and oxygen atoms in total. The fourth-order valence-electron chi connectivity index (χ4n) is 5.86. The number of hydrogen-bond donors (Lipinski definition) is 3. The standard InChI is InChI=1S/C27H38Cl2N4O3/c1-16(30-3)26(35)31-24(18-8-5-4-6-9-18)27(36)32-13-7-10-20(32)15-33-22-12-11-19(28)14-21(22)23(17(2)34)25(33)29/h11-12,14,16-18,20,24,30,34H,4-10,13,15H2,1-3H3,(H,31,35)/t16-,17?,20-,24-/m0/s1. The molecule has 1 unspecified atom stereocenters. The lowest BCUT2D eigenvalue weighted by atomic mass is 9.83. The number of carbonyl (C=O) groups excluding carboxylic acids is 2. The van der Waals surface area contributed by atoms with Crippen LogP contribution in [0.15, 0.2) is 18.2 Å². The van der Waals surface area contributed by atoms with Gasteiger partial charge in [0.25, 0.3) is 0 Å². The zero-order valence-corrected chi connectivity index (χ0v) is 22.9. The van der Waals surface area contributed by atoms with Crippen molar-refractivity contribution in [2.24, 2.45) is 5.92 Å². The Morgan fingerprint density at radius 3 is 2.50 bits per heavy atom. The highest BCUT2D eigenvalue weighted by Gasteiger charge is 2.39. The summed E-state index contributed by atoms with van der Waals surface area (Å²) in [5.74, 6) is 0.0167. The van der Waals surface area contributed by atoms with Crippen molar-refractivity contribution in [3.8, 4) is 0 Å². The van der Waals surface area contributed by atoms with Crippen molar-refractivity contribution in [3.63, 3.8) is 0 Å². The summed E-state index contributed by atoms with van der Waals surface area (Å²) in [6.45, 7) is 4.69. The molecule has 0 spiro atoms. The lowest BCUT2D eigenvalue weighted by molar-refractivity contribution is -0.139. The van der Waals surface area contributed by atoms with E-state index in [-0.39, 0.29) is 29.8 Å². The van der Waals surface area contributed by atoms with E-state index in [1.807, 2.05) is 34.6 Å². The Morgan fingerprint density at radius 2 is 1.83 bits per heavy atom. The monoisotopic (exact) mass is 536 g/mol. The number of aliphatic hydroxyl groups excluding tert-OH is 1. The lowest BCUT2D eigenvalue weighted by Gasteiger charge is -2.35. The molecular weight excluding hydrogens is 499 g/mol. The number of aromatic nitrogens is 1. The van der Waals surface area contributed by atoms with Crippen LogP contribution in [0.1, 0.15) is 70.5 Å². The van der Waals surface area contributed by atoms with Gasteiger partial charge in [0.15, 0.2) is 0 Å². The smallest absolute Gasteiger partial charge is 0.245 e. The van der Waals surface area contributed by atoms with Crippen LogP contribution in [0.4, 0.5) is 0 Å². The first-order valence-electron chi connectivity index (χ1n) is 13.2. The van der Waals surface area contributed by atoms with Crippen molar-refractivity contribution in [1.29, 1.82) is 0 Å². The van der Waals surface area contributed by atoms with Crippen LogP contribution in [-0.4, -0.2) is 58.1 Å². The molecule has 4 atom stereocenters. The third-order valence-electron chi connectivity index (χ3n) is 7.98. The highest BCUT2D eigenvalue weighted by molar-refractivity contribution is 6.33. The number of fused-ring (bicyclic) bond motifs is 1. The number of carbonyl (C=O) groups is 2. The third kappa shape index (κ3) is 5.54. The molecule has 9 heteroatoms. The van der Waals surface area contributed by atoms with Crippen LogP contribution in [0.2, 0.25) is 10.2 Å². The Kier molecular flexibility index (Phi) is 8.87. The second kappa shape index (κ2) is 11.7. The van der Waals surface area contributed by atoms with E-state index in [4.69, 9.17) is 23.2 Å². The van der Waals surface area contributed by atoms with Crippen molar-refractivity contribution < 1.29 is 14.7 Å². The number of nitrogens with one attached hydrogen (secondary N) is 2. The van der Waals surface area contributed by atoms with Gasteiger partial charge >= 0.3 is 0 Å². The summed E-state index contributed by atoms with van der Waals surface area (Å²) in [4.78, 5) is 28.7. The molecule has 1 aromatic carbocycles. The van der Waals surface area contributed by atoms with Gasteiger partial charge in [-0.3, -0.25) is 9.59 Å². The summed E-state index contributed by atoms with van der Waals surface area (Å²) in [5, 5.41) is 18.4. The van der Waals surface area contributed by atoms with Gasteiger partial charge in [0.2, 0.25) is 11.8 Å². The molecule has 0 radical (unpaired) electrons. The van der Waals surface area contributed by atoms with Gasteiger partial charge in [0.1, 0.15) is 11.2 Å². The zero-order valence-electron chi connectivity index (χ0n) is 21.4. The van der Waals surface area contributed by atoms with Crippen LogP contribution >= 0.6 is 23.2 Å². The number of hydrogen-bond acceptors (Lipinski definition) is 4. The van der Waals surface area contributed by atoms with Gasteiger partial charge in [-0.05, 0) is 70.7 Å². The molecule has 36 heavy (non-hydrogen) atoms. The lowest BCUT2D eigenvalue weighted by Crippen LogP contribution is -2.56. The second-order valence-corrected chi connectivity index (χ2v) is 11.2. The van der Waals surface area contributed by atoms with E-state index in [9.17, 15) is 14.7 Å². The van der Waals surface area contributed by atoms with Crippen molar-refractivity contribution in [2.45, 2.75) is 89.6 Å². The molecule has 1 aliphatic carbocycles. The van der Waals surface area contributed by atoms with Gasteiger partial charge in [-0.1, -0.05) is 42.5 Å². The first-order chi connectivity index (χ1) is 17.2. The molecule has 3 N–H and O–H groups in total. The Morgan fingerprint density at radius 1 is 1.11 bits per heavy atom. The molecule has 1 aliphatic heterocycles. The van der Waals surface area contributed by atoms with Crippen molar-refractivity contribution >= 4 is 45.9 Å². The predicted octanol–water partition coefficient (Wildman–Crippen LogP) is 4.67. The molecule has 2 aliphatic rings. The van der Waals surface area contributed by atoms with Crippen LogP contribution in [0.5, 0.6) is 0 Å². The quantitative estimate of drug-likeness (QED) is 0.457. The molecular formula is C27H38Cl2N4O3. The molecule has 198 valence electrons. The van der Waals surface area contributed by atoms with Crippen LogP contribution in [0.3, 0.4) is 0 Å². The van der Waals surface area contributed by atoms with Gasteiger partial charge in [-0.25, -0.2) is 0 Å². The number of nitrogens with zero attached hydrogens (tertiary/aromatic N) is 2. The number of benzene rings is 1. The Labute approximate surface area is 223 Å². The summed E-state index contributed by atoms with van der Waals surface area (Å²) >= 11 is 13.1. The maximum Gasteiger partial charge on any atom is 0.245 e. The normalized spacial score (nSPS) is 21.5. The average molecular weight is 538 g/mol. The molecule has 2 aromatic rings. The summed E-state index contributed by atoms with van der Waals surface area (Å²) in [5.41, 5.74) is 1.54. The van der Waals surface area contributed by atoms with Crippen molar-refractivity contribution in [2.75, 3.05) is 13.6 Å². The Balaban J connectivity index is 1.61.